The first-order valence-electron chi connectivity index (χ1n) is 10.1. The molecule has 7 nitrogen and oxygen atoms in total. The summed E-state index contributed by atoms with van der Waals surface area (Å²) in [6, 6.07) is 8.06. The van der Waals surface area contributed by atoms with Gasteiger partial charge in [0, 0.05) is 17.8 Å². The lowest BCUT2D eigenvalue weighted by atomic mass is 10.1. The van der Waals surface area contributed by atoms with Gasteiger partial charge in [0.1, 0.15) is 27.7 Å². The van der Waals surface area contributed by atoms with Crippen LogP contribution >= 0.6 is 11.3 Å². The zero-order valence-corrected chi connectivity index (χ0v) is 19.6. The van der Waals surface area contributed by atoms with Gasteiger partial charge in [-0.1, -0.05) is 6.92 Å². The number of alkyl halides is 3. The van der Waals surface area contributed by atoms with Crippen molar-refractivity contribution >= 4 is 32.4 Å². The molecule has 176 valence electrons. The summed E-state index contributed by atoms with van der Waals surface area (Å²) in [5.74, 6) is 0. The van der Waals surface area contributed by atoms with E-state index in [0.29, 0.717) is 22.3 Å². The van der Waals surface area contributed by atoms with Crippen LogP contribution in [0.3, 0.4) is 0 Å². The molecule has 4 aromatic rings. The van der Waals surface area contributed by atoms with Crippen molar-refractivity contribution in [2.45, 2.75) is 37.4 Å². The number of hydrogen-bond donors (Lipinski definition) is 1. The molecule has 0 fully saturated rings. The van der Waals surface area contributed by atoms with Crippen LogP contribution in [0, 0.1) is 11.3 Å². The molecule has 0 radical (unpaired) electrons. The van der Waals surface area contributed by atoms with Crippen LogP contribution in [0.5, 0.6) is 0 Å². The average molecular weight is 506 g/mol. The van der Waals surface area contributed by atoms with E-state index in [0.717, 1.165) is 36.2 Å². The Morgan fingerprint density at radius 3 is 2.56 bits per heavy atom. The maximum atomic E-state index is 12.8. The van der Waals surface area contributed by atoms with Gasteiger partial charge in [-0.25, -0.2) is 13.4 Å². The van der Waals surface area contributed by atoms with Gasteiger partial charge in [0.15, 0.2) is 0 Å². The number of hydrogen-bond acceptors (Lipinski definition) is 6. The Hall–Kier alpha value is -3.27. The molecule has 0 amide bonds. The molecule has 0 aromatic carbocycles. The molecule has 0 saturated heterocycles. The van der Waals surface area contributed by atoms with Crippen LogP contribution in [0.1, 0.15) is 25.0 Å². The predicted octanol–water partition coefficient (Wildman–Crippen LogP) is 4.81. The van der Waals surface area contributed by atoms with E-state index < -0.39 is 27.1 Å². The van der Waals surface area contributed by atoms with Gasteiger partial charge in [-0.15, -0.1) is 11.3 Å². The van der Waals surface area contributed by atoms with Gasteiger partial charge >= 0.3 is 6.18 Å². The Kier molecular flexibility index (Phi) is 6.20. The minimum absolute atomic E-state index is 0.281. The van der Waals surface area contributed by atoms with Gasteiger partial charge in [0.25, 0.3) is 0 Å². The number of pyridine rings is 2. The third kappa shape index (κ3) is 4.29. The molecule has 1 N–H and O–H groups in total. The van der Waals surface area contributed by atoms with Crippen molar-refractivity contribution in [2.75, 3.05) is 0 Å². The largest absolute Gasteiger partial charge is 0.404 e. The molecule has 1 atom stereocenters. The molecule has 0 aliphatic heterocycles. The van der Waals surface area contributed by atoms with Crippen molar-refractivity contribution in [3.8, 4) is 22.5 Å². The number of fused-ring (bicyclic) bond motifs is 1. The second-order valence-corrected chi connectivity index (χ2v) is 10.1. The molecular formula is C22H18F3N5O2S2. The predicted molar refractivity (Wildman–Crippen MR) is 122 cm³/mol. The first-order chi connectivity index (χ1) is 16.1. The highest BCUT2D eigenvalue weighted by Gasteiger charge is 2.39. The lowest BCUT2D eigenvalue weighted by Crippen LogP contribution is -2.42. The summed E-state index contributed by atoms with van der Waals surface area (Å²) in [6.07, 6.45) is -1.30. The van der Waals surface area contributed by atoms with Gasteiger partial charge in [0.2, 0.25) is 10.0 Å². The SMILES string of the molecule is CCc1cnc2c(c1)c(C#N)c(-c1ccc(S(=O)(=O)N[C@@H](C)C(F)(F)F)cn1)n2-c1cccs1. The number of thiophene rings is 1. The van der Waals surface area contributed by atoms with E-state index in [-0.39, 0.29) is 5.69 Å². The highest BCUT2D eigenvalue weighted by Crippen LogP contribution is 2.36. The number of rotatable bonds is 6. The van der Waals surface area contributed by atoms with Crippen molar-refractivity contribution in [1.82, 2.24) is 19.3 Å². The van der Waals surface area contributed by atoms with E-state index in [1.165, 1.54) is 17.4 Å². The second kappa shape index (κ2) is 8.83. The van der Waals surface area contributed by atoms with E-state index in [1.54, 1.807) is 15.5 Å². The lowest BCUT2D eigenvalue weighted by molar-refractivity contribution is -0.147. The molecule has 4 aromatic heterocycles. The summed E-state index contributed by atoms with van der Waals surface area (Å²) in [6.45, 7) is 2.69. The minimum Gasteiger partial charge on any atom is -0.282 e. The maximum Gasteiger partial charge on any atom is 0.404 e. The van der Waals surface area contributed by atoms with Crippen LogP contribution in [0.25, 0.3) is 27.4 Å². The van der Waals surface area contributed by atoms with Crippen LogP contribution in [0.15, 0.2) is 53.0 Å². The van der Waals surface area contributed by atoms with Crippen LogP contribution in [-0.2, 0) is 16.4 Å². The average Bonchev–Trinajstić information content (AvgIpc) is 3.43. The van der Waals surface area contributed by atoms with Crippen molar-refractivity contribution in [3.05, 3.63) is 59.2 Å². The zero-order chi connectivity index (χ0) is 24.7. The van der Waals surface area contributed by atoms with Crippen molar-refractivity contribution in [2.24, 2.45) is 0 Å². The Morgan fingerprint density at radius 1 is 1.24 bits per heavy atom. The van der Waals surface area contributed by atoms with Gasteiger partial charge in [-0.2, -0.15) is 23.2 Å². The highest BCUT2D eigenvalue weighted by molar-refractivity contribution is 7.89. The Bertz CT molecular complexity index is 1490. The van der Waals surface area contributed by atoms with Crippen LogP contribution < -0.4 is 4.72 Å². The molecule has 0 unspecified atom stereocenters. The first kappa shape index (κ1) is 23.9. The fourth-order valence-corrected chi connectivity index (χ4v) is 5.33. The van der Waals surface area contributed by atoms with Crippen molar-refractivity contribution < 1.29 is 21.6 Å². The molecule has 0 bridgehead atoms. The van der Waals surface area contributed by atoms with Gasteiger partial charge in [0.05, 0.1) is 17.0 Å². The number of halogens is 3. The molecule has 0 saturated carbocycles. The van der Waals surface area contributed by atoms with E-state index in [4.69, 9.17) is 0 Å². The number of nitrogens with one attached hydrogen (secondary N) is 1. The number of aryl methyl sites for hydroxylation is 1. The van der Waals surface area contributed by atoms with E-state index in [2.05, 4.69) is 16.0 Å². The highest BCUT2D eigenvalue weighted by atomic mass is 32.2. The smallest absolute Gasteiger partial charge is 0.282 e. The third-order valence-corrected chi connectivity index (χ3v) is 7.60. The number of nitrogens with zero attached hydrogens (tertiary/aromatic N) is 4. The minimum atomic E-state index is -4.73. The van der Waals surface area contributed by atoms with Crippen LogP contribution in [0.4, 0.5) is 13.2 Å². The van der Waals surface area contributed by atoms with Crippen LogP contribution in [0.2, 0.25) is 0 Å². The van der Waals surface area contributed by atoms with Gasteiger partial charge in [-0.05, 0) is 54.6 Å². The molecular weight excluding hydrogens is 487 g/mol. The van der Waals surface area contributed by atoms with Gasteiger partial charge in [-0.3, -0.25) is 9.55 Å². The number of aromatic nitrogens is 3. The molecule has 4 heterocycles. The molecule has 0 aliphatic carbocycles. The molecule has 4 rings (SSSR count). The standard InChI is InChI=1S/C22H18F3N5O2S2/c1-3-14-9-16-17(10-26)20(30(21(16)28-11-14)19-5-4-8-33-19)18-7-6-15(12-27-18)34(31,32)29-13(2)22(23,24)25/h4-9,11-13,29H,3H2,1-2H3/t13-/m0/s1. The van der Waals surface area contributed by atoms with E-state index in [1.807, 2.05) is 30.5 Å². The molecule has 0 spiro atoms. The molecule has 12 heteroatoms. The Balaban J connectivity index is 1.86. The quantitative estimate of drug-likeness (QED) is 0.405. The van der Waals surface area contributed by atoms with Crippen LogP contribution in [-0.4, -0.2) is 35.2 Å². The summed E-state index contributed by atoms with van der Waals surface area (Å²) >= 11 is 1.42. The summed E-state index contributed by atoms with van der Waals surface area (Å²) in [4.78, 5) is 8.34. The lowest BCUT2D eigenvalue weighted by Gasteiger charge is -2.17. The fraction of sp³-hybridized carbons (Fsp3) is 0.227. The van der Waals surface area contributed by atoms with Gasteiger partial charge < -0.3 is 0 Å². The number of sulfonamides is 1. The van der Waals surface area contributed by atoms with Crippen molar-refractivity contribution in [1.29, 1.82) is 5.26 Å². The summed E-state index contributed by atoms with van der Waals surface area (Å²) < 4.78 is 66.6. The Labute approximate surface area is 197 Å². The Morgan fingerprint density at radius 2 is 2.00 bits per heavy atom. The molecule has 34 heavy (non-hydrogen) atoms. The second-order valence-electron chi connectivity index (χ2n) is 7.45. The first-order valence-corrected chi connectivity index (χ1v) is 12.5. The third-order valence-electron chi connectivity index (χ3n) is 5.22. The maximum absolute atomic E-state index is 12.8. The fourth-order valence-electron chi connectivity index (χ4n) is 3.42. The normalized spacial score (nSPS) is 13.2. The van der Waals surface area contributed by atoms with E-state index >= 15 is 0 Å². The summed E-state index contributed by atoms with van der Waals surface area (Å²) in [7, 11) is -4.46. The summed E-state index contributed by atoms with van der Waals surface area (Å²) in [5.41, 5.74) is 2.51. The summed E-state index contributed by atoms with van der Waals surface area (Å²) in [5, 5.41) is 13.3. The zero-order valence-electron chi connectivity index (χ0n) is 18.0. The van der Waals surface area contributed by atoms with Crippen molar-refractivity contribution in [3.63, 3.8) is 0 Å². The van der Waals surface area contributed by atoms with E-state index in [9.17, 15) is 26.9 Å². The molecule has 0 aliphatic rings. The monoisotopic (exact) mass is 505 g/mol. The number of nitriles is 1. The topological polar surface area (TPSA) is 101 Å².